The molecule has 0 aliphatic heterocycles. The zero-order valence-corrected chi connectivity index (χ0v) is 13.8. The minimum absolute atomic E-state index is 0.297. The van der Waals surface area contributed by atoms with E-state index in [0.29, 0.717) is 18.0 Å². The number of esters is 1. The van der Waals surface area contributed by atoms with Crippen LogP contribution in [-0.4, -0.2) is 25.1 Å². The normalized spacial score (nSPS) is 15.9. The lowest BCUT2D eigenvalue weighted by molar-refractivity contribution is -0.153. The second kappa shape index (κ2) is 8.56. The summed E-state index contributed by atoms with van der Waals surface area (Å²) < 4.78 is 10.3. The molecule has 0 unspecified atom stereocenters. The number of methoxy groups -OCH3 is 1. The van der Waals surface area contributed by atoms with Gasteiger partial charge in [-0.2, -0.15) is 0 Å². The third-order valence-corrected chi connectivity index (χ3v) is 4.27. The van der Waals surface area contributed by atoms with E-state index in [-0.39, 0.29) is 11.9 Å². The molecule has 0 bridgehead atoms. The van der Waals surface area contributed by atoms with Crippen LogP contribution >= 0.6 is 0 Å². The monoisotopic (exact) mass is 319 g/mol. The first-order valence-electron chi connectivity index (χ1n) is 8.23. The van der Waals surface area contributed by atoms with E-state index < -0.39 is 6.10 Å². The lowest BCUT2D eigenvalue weighted by Crippen LogP contribution is -2.30. The van der Waals surface area contributed by atoms with Crippen LogP contribution in [0.15, 0.2) is 24.3 Å². The highest BCUT2D eigenvalue weighted by Crippen LogP contribution is 2.28. The van der Waals surface area contributed by atoms with Crippen LogP contribution in [0.4, 0.5) is 5.69 Å². The topological polar surface area (TPSA) is 64.6 Å². The van der Waals surface area contributed by atoms with Crippen molar-refractivity contribution in [1.82, 2.24) is 0 Å². The molecule has 1 saturated carbocycles. The third-order valence-electron chi connectivity index (χ3n) is 4.27. The molecule has 23 heavy (non-hydrogen) atoms. The van der Waals surface area contributed by atoms with Crippen molar-refractivity contribution in [1.29, 1.82) is 0 Å². The van der Waals surface area contributed by atoms with Crippen molar-refractivity contribution in [3.63, 3.8) is 0 Å². The fourth-order valence-corrected chi connectivity index (χ4v) is 2.85. The van der Waals surface area contributed by atoms with Gasteiger partial charge in [0.25, 0.3) is 5.91 Å². The van der Waals surface area contributed by atoms with Crippen LogP contribution in [0, 0.1) is 5.92 Å². The number of anilines is 1. The Bertz CT molecular complexity index is 520. The van der Waals surface area contributed by atoms with Gasteiger partial charge in [0.2, 0.25) is 0 Å². The Morgan fingerprint density at radius 3 is 2.48 bits per heavy atom. The van der Waals surface area contributed by atoms with E-state index in [4.69, 9.17) is 9.47 Å². The number of hydrogen-bond acceptors (Lipinski definition) is 4. The highest BCUT2D eigenvalue weighted by atomic mass is 16.5. The van der Waals surface area contributed by atoms with E-state index in [1.54, 1.807) is 38.3 Å². The number of carbonyl (C=O) groups is 2. The first-order chi connectivity index (χ1) is 11.1. The highest BCUT2D eigenvalue weighted by Gasteiger charge is 2.20. The fraction of sp³-hybridized carbons (Fsp3) is 0.556. The summed E-state index contributed by atoms with van der Waals surface area (Å²) in [5.41, 5.74) is 0.643. The van der Waals surface area contributed by atoms with E-state index in [1.165, 1.54) is 25.7 Å². The molecule has 0 saturated heterocycles. The Balaban J connectivity index is 1.73. The second-order valence-electron chi connectivity index (χ2n) is 6.04. The van der Waals surface area contributed by atoms with Gasteiger partial charge >= 0.3 is 5.97 Å². The standard InChI is InChI=1S/C18H25NO4/c1-13(23-17(20)12-7-14-5-3-4-6-14)18(21)19-15-8-10-16(22-2)11-9-15/h8-11,13-14H,3-7,12H2,1-2H3,(H,19,21)/t13-/m0/s1. The van der Waals surface area contributed by atoms with E-state index >= 15 is 0 Å². The van der Waals surface area contributed by atoms with Crippen LogP contribution in [0.3, 0.4) is 0 Å². The average Bonchev–Trinajstić information content (AvgIpc) is 3.07. The van der Waals surface area contributed by atoms with Crippen molar-refractivity contribution >= 4 is 17.6 Å². The third kappa shape index (κ3) is 5.58. The van der Waals surface area contributed by atoms with Gasteiger partial charge in [0.05, 0.1) is 7.11 Å². The predicted octanol–water partition coefficient (Wildman–Crippen LogP) is 3.54. The molecule has 0 spiro atoms. The maximum atomic E-state index is 12.0. The molecule has 5 nitrogen and oxygen atoms in total. The van der Waals surface area contributed by atoms with Crippen LogP contribution in [0.2, 0.25) is 0 Å². The van der Waals surface area contributed by atoms with Gasteiger partial charge in [0.15, 0.2) is 6.10 Å². The van der Waals surface area contributed by atoms with Crippen molar-refractivity contribution in [3.8, 4) is 5.75 Å². The number of rotatable bonds is 7. The molecule has 1 aromatic carbocycles. The van der Waals surface area contributed by atoms with Gasteiger partial charge < -0.3 is 14.8 Å². The smallest absolute Gasteiger partial charge is 0.306 e. The Labute approximate surface area is 137 Å². The van der Waals surface area contributed by atoms with Gasteiger partial charge in [-0.1, -0.05) is 25.7 Å². The van der Waals surface area contributed by atoms with Crippen molar-refractivity contribution in [2.24, 2.45) is 5.92 Å². The molecule has 0 radical (unpaired) electrons. The van der Waals surface area contributed by atoms with Gasteiger partial charge in [-0.3, -0.25) is 9.59 Å². The molecule has 2 rings (SSSR count). The Morgan fingerprint density at radius 1 is 1.22 bits per heavy atom. The molecule has 1 aromatic rings. The number of ether oxygens (including phenoxy) is 2. The van der Waals surface area contributed by atoms with Crippen LogP contribution in [0.25, 0.3) is 0 Å². The van der Waals surface area contributed by atoms with Gasteiger partial charge in [-0.15, -0.1) is 0 Å². The molecule has 5 heteroatoms. The first-order valence-corrected chi connectivity index (χ1v) is 8.23. The van der Waals surface area contributed by atoms with Crippen LogP contribution < -0.4 is 10.1 Å². The molecule has 1 atom stereocenters. The summed E-state index contributed by atoms with van der Waals surface area (Å²) >= 11 is 0. The largest absolute Gasteiger partial charge is 0.497 e. The fourth-order valence-electron chi connectivity index (χ4n) is 2.85. The summed E-state index contributed by atoms with van der Waals surface area (Å²) in [6.45, 7) is 1.59. The first kappa shape index (κ1) is 17.3. The maximum absolute atomic E-state index is 12.0. The number of carbonyl (C=O) groups excluding carboxylic acids is 2. The molecule has 1 N–H and O–H groups in total. The van der Waals surface area contributed by atoms with Crippen molar-refractivity contribution < 1.29 is 19.1 Å². The van der Waals surface area contributed by atoms with Crippen molar-refractivity contribution in [2.75, 3.05) is 12.4 Å². The summed E-state index contributed by atoms with van der Waals surface area (Å²) in [5.74, 6) is 0.735. The molecule has 1 aliphatic carbocycles. The SMILES string of the molecule is COc1ccc(NC(=O)[C@H](C)OC(=O)CCC2CCCC2)cc1. The molecular weight excluding hydrogens is 294 g/mol. The lowest BCUT2D eigenvalue weighted by atomic mass is 10.0. The summed E-state index contributed by atoms with van der Waals surface area (Å²) in [7, 11) is 1.58. The molecule has 1 aliphatic rings. The summed E-state index contributed by atoms with van der Waals surface area (Å²) in [6.07, 6.45) is 5.41. The van der Waals surface area contributed by atoms with Gasteiger partial charge in [0, 0.05) is 12.1 Å². The molecule has 0 aromatic heterocycles. The number of amides is 1. The van der Waals surface area contributed by atoms with Gasteiger partial charge in [0.1, 0.15) is 5.75 Å². The van der Waals surface area contributed by atoms with Crippen LogP contribution in [-0.2, 0) is 14.3 Å². The van der Waals surface area contributed by atoms with Crippen LogP contribution in [0.1, 0.15) is 45.4 Å². The summed E-state index contributed by atoms with van der Waals surface area (Å²) in [5, 5.41) is 2.72. The van der Waals surface area contributed by atoms with E-state index in [0.717, 1.165) is 12.2 Å². The lowest BCUT2D eigenvalue weighted by Gasteiger charge is -2.14. The Morgan fingerprint density at radius 2 is 1.87 bits per heavy atom. The zero-order chi connectivity index (χ0) is 16.7. The average molecular weight is 319 g/mol. The molecule has 1 amide bonds. The summed E-state index contributed by atoms with van der Waals surface area (Å²) in [4.78, 5) is 23.9. The minimum Gasteiger partial charge on any atom is -0.497 e. The highest BCUT2D eigenvalue weighted by molar-refractivity contribution is 5.95. The summed E-state index contributed by atoms with van der Waals surface area (Å²) in [6, 6.07) is 7.00. The maximum Gasteiger partial charge on any atom is 0.306 e. The zero-order valence-electron chi connectivity index (χ0n) is 13.8. The molecule has 1 fully saturated rings. The predicted molar refractivity (Wildman–Crippen MR) is 88.4 cm³/mol. The Hall–Kier alpha value is -2.04. The Kier molecular flexibility index (Phi) is 6.44. The minimum atomic E-state index is -0.798. The van der Waals surface area contributed by atoms with E-state index in [2.05, 4.69) is 5.32 Å². The van der Waals surface area contributed by atoms with Crippen molar-refractivity contribution in [2.45, 2.75) is 51.6 Å². The van der Waals surface area contributed by atoms with E-state index in [1.807, 2.05) is 0 Å². The van der Waals surface area contributed by atoms with E-state index in [9.17, 15) is 9.59 Å². The van der Waals surface area contributed by atoms with Crippen molar-refractivity contribution in [3.05, 3.63) is 24.3 Å². The molecule has 126 valence electrons. The quantitative estimate of drug-likeness (QED) is 0.781. The number of hydrogen-bond donors (Lipinski definition) is 1. The molecular formula is C18H25NO4. The van der Waals surface area contributed by atoms with Crippen LogP contribution in [0.5, 0.6) is 5.75 Å². The number of nitrogens with one attached hydrogen (secondary N) is 1. The van der Waals surface area contributed by atoms with Gasteiger partial charge in [-0.25, -0.2) is 0 Å². The number of benzene rings is 1. The van der Waals surface area contributed by atoms with Gasteiger partial charge in [-0.05, 0) is 43.5 Å². The molecule has 0 heterocycles. The second-order valence-corrected chi connectivity index (χ2v) is 6.04.